The first-order valence-corrected chi connectivity index (χ1v) is 8.06. The second-order valence-corrected chi connectivity index (χ2v) is 5.60. The van der Waals surface area contributed by atoms with Crippen LogP contribution in [0.5, 0.6) is 0 Å². The molecule has 0 heterocycles. The zero-order chi connectivity index (χ0) is 19.2. The molecular weight excluding hydrogens is 346 g/mol. The highest BCUT2D eigenvalue weighted by Gasteiger charge is 2.27. The molecule has 0 spiro atoms. The van der Waals surface area contributed by atoms with Crippen molar-refractivity contribution in [3.63, 3.8) is 0 Å². The van der Waals surface area contributed by atoms with E-state index in [4.69, 9.17) is 0 Å². The number of hydrogen-bond donors (Lipinski definition) is 2. The summed E-state index contributed by atoms with van der Waals surface area (Å²) in [6, 6.07) is 21.1. The lowest BCUT2D eigenvalue weighted by Gasteiger charge is -2.11. The van der Waals surface area contributed by atoms with Crippen LogP contribution < -0.4 is 10.6 Å². The molecule has 27 heavy (non-hydrogen) atoms. The number of carbonyl (C=O) groups is 2. The van der Waals surface area contributed by atoms with Crippen LogP contribution in [0.1, 0.15) is 20.7 Å². The van der Waals surface area contributed by atoms with Gasteiger partial charge in [0.1, 0.15) is 5.56 Å². The molecule has 0 aliphatic heterocycles. The molecule has 0 saturated carbocycles. The van der Waals surface area contributed by atoms with Gasteiger partial charge in [-0.15, -0.1) is 0 Å². The maximum Gasteiger partial charge on any atom is 0.282 e. The average Bonchev–Trinajstić information content (AvgIpc) is 2.68. The standard InChI is InChI=1S/C20H15N3O4/c24-19(21-14-8-3-1-4-9-14)16-12-7-13-17(23(26)27)18(16)20(25)22-15-10-5-2-6-11-15/h1-13H,(H,21,24)(H,22,25). The van der Waals surface area contributed by atoms with Gasteiger partial charge in [-0.2, -0.15) is 0 Å². The average molecular weight is 361 g/mol. The second-order valence-electron chi connectivity index (χ2n) is 5.60. The van der Waals surface area contributed by atoms with Gasteiger partial charge in [0.25, 0.3) is 17.5 Å². The van der Waals surface area contributed by atoms with E-state index in [0.717, 1.165) is 0 Å². The van der Waals surface area contributed by atoms with Crippen LogP contribution in [0, 0.1) is 10.1 Å². The molecule has 0 aliphatic rings. The molecular formula is C20H15N3O4. The first kappa shape index (κ1) is 17.8. The summed E-state index contributed by atoms with van der Waals surface area (Å²) in [5.41, 5.74) is 0.170. The van der Waals surface area contributed by atoms with E-state index >= 15 is 0 Å². The van der Waals surface area contributed by atoms with E-state index in [2.05, 4.69) is 10.6 Å². The van der Waals surface area contributed by atoms with Crippen molar-refractivity contribution in [3.8, 4) is 0 Å². The maximum atomic E-state index is 12.7. The Morgan fingerprint density at radius 2 is 1.22 bits per heavy atom. The van der Waals surface area contributed by atoms with Crippen LogP contribution >= 0.6 is 0 Å². The lowest BCUT2D eigenvalue weighted by molar-refractivity contribution is -0.385. The predicted molar refractivity (Wildman–Crippen MR) is 102 cm³/mol. The Balaban J connectivity index is 1.98. The number of nitrogens with zero attached hydrogens (tertiary/aromatic N) is 1. The van der Waals surface area contributed by atoms with Gasteiger partial charge >= 0.3 is 0 Å². The van der Waals surface area contributed by atoms with Crippen molar-refractivity contribution in [2.24, 2.45) is 0 Å². The monoisotopic (exact) mass is 361 g/mol. The van der Waals surface area contributed by atoms with Gasteiger partial charge in [0.2, 0.25) is 0 Å². The Morgan fingerprint density at radius 3 is 1.74 bits per heavy atom. The summed E-state index contributed by atoms with van der Waals surface area (Å²) in [5.74, 6) is -1.34. The summed E-state index contributed by atoms with van der Waals surface area (Å²) < 4.78 is 0. The Hall–Kier alpha value is -4.00. The number of nitrogens with one attached hydrogen (secondary N) is 2. The number of benzene rings is 3. The summed E-state index contributed by atoms with van der Waals surface area (Å²) in [6.07, 6.45) is 0. The Bertz CT molecular complexity index is 989. The molecule has 0 bridgehead atoms. The fraction of sp³-hybridized carbons (Fsp3) is 0. The summed E-state index contributed by atoms with van der Waals surface area (Å²) in [5, 5.41) is 16.6. The number of hydrogen-bond acceptors (Lipinski definition) is 4. The predicted octanol–water partition coefficient (Wildman–Crippen LogP) is 4.10. The summed E-state index contributed by atoms with van der Waals surface area (Å²) in [7, 11) is 0. The lowest BCUT2D eigenvalue weighted by atomic mass is 10.0. The Labute approximate surface area is 154 Å². The molecule has 0 radical (unpaired) electrons. The Kier molecular flexibility index (Phi) is 5.22. The largest absolute Gasteiger partial charge is 0.322 e. The van der Waals surface area contributed by atoms with Crippen molar-refractivity contribution in [2.75, 3.05) is 10.6 Å². The molecule has 3 aromatic carbocycles. The van der Waals surface area contributed by atoms with Gasteiger partial charge in [-0.3, -0.25) is 19.7 Å². The van der Waals surface area contributed by atoms with Gasteiger partial charge in [-0.1, -0.05) is 42.5 Å². The maximum absolute atomic E-state index is 12.7. The van der Waals surface area contributed by atoms with Gasteiger partial charge in [-0.25, -0.2) is 0 Å². The molecule has 7 heteroatoms. The highest BCUT2D eigenvalue weighted by molar-refractivity contribution is 6.17. The van der Waals surface area contributed by atoms with Gasteiger partial charge in [0, 0.05) is 17.4 Å². The van der Waals surface area contributed by atoms with E-state index in [1.807, 2.05) is 0 Å². The summed E-state index contributed by atoms with van der Waals surface area (Å²) >= 11 is 0. The quantitative estimate of drug-likeness (QED) is 0.527. The highest BCUT2D eigenvalue weighted by atomic mass is 16.6. The van der Waals surface area contributed by atoms with Gasteiger partial charge in [0.05, 0.1) is 10.5 Å². The fourth-order valence-electron chi connectivity index (χ4n) is 2.56. The number of amides is 2. The van der Waals surface area contributed by atoms with Crippen LogP contribution in [0.25, 0.3) is 0 Å². The first-order chi connectivity index (χ1) is 13.1. The third-order valence-corrected chi connectivity index (χ3v) is 3.77. The highest BCUT2D eigenvalue weighted by Crippen LogP contribution is 2.25. The number of rotatable bonds is 5. The fourth-order valence-corrected chi connectivity index (χ4v) is 2.56. The van der Waals surface area contributed by atoms with Crippen LogP contribution in [0.4, 0.5) is 17.1 Å². The minimum atomic E-state index is -0.730. The molecule has 7 nitrogen and oxygen atoms in total. The molecule has 3 rings (SSSR count). The first-order valence-electron chi connectivity index (χ1n) is 8.06. The third kappa shape index (κ3) is 4.16. The van der Waals surface area contributed by atoms with E-state index in [0.29, 0.717) is 11.4 Å². The summed E-state index contributed by atoms with van der Waals surface area (Å²) in [6.45, 7) is 0. The molecule has 0 unspecified atom stereocenters. The van der Waals surface area contributed by atoms with Gasteiger partial charge in [-0.05, 0) is 30.3 Å². The van der Waals surface area contributed by atoms with E-state index in [1.165, 1.54) is 18.2 Å². The number of carbonyl (C=O) groups excluding carboxylic acids is 2. The number of nitro benzene ring substituents is 1. The molecule has 0 aromatic heterocycles. The van der Waals surface area contributed by atoms with Crippen molar-refractivity contribution in [2.45, 2.75) is 0 Å². The SMILES string of the molecule is O=C(Nc1ccccc1)c1cccc([N+](=O)[O-])c1C(=O)Nc1ccccc1. The van der Waals surface area contributed by atoms with Crippen LogP contribution in [-0.4, -0.2) is 16.7 Å². The number of para-hydroxylation sites is 2. The van der Waals surface area contributed by atoms with Crippen molar-refractivity contribution < 1.29 is 14.5 Å². The molecule has 134 valence electrons. The molecule has 0 atom stereocenters. The number of anilines is 2. The van der Waals surface area contributed by atoms with Crippen molar-refractivity contribution >= 4 is 28.9 Å². The molecule has 2 N–H and O–H groups in total. The van der Waals surface area contributed by atoms with Crippen LogP contribution in [0.15, 0.2) is 78.9 Å². The van der Waals surface area contributed by atoms with E-state index in [1.54, 1.807) is 60.7 Å². The van der Waals surface area contributed by atoms with Crippen LogP contribution in [0.3, 0.4) is 0 Å². The van der Waals surface area contributed by atoms with E-state index in [-0.39, 0.29) is 11.1 Å². The van der Waals surface area contributed by atoms with E-state index in [9.17, 15) is 19.7 Å². The number of nitro groups is 1. The molecule has 0 fully saturated rings. The zero-order valence-corrected chi connectivity index (χ0v) is 14.1. The molecule has 0 aliphatic carbocycles. The minimum Gasteiger partial charge on any atom is -0.322 e. The Morgan fingerprint density at radius 1 is 0.704 bits per heavy atom. The third-order valence-electron chi connectivity index (χ3n) is 3.77. The topological polar surface area (TPSA) is 101 Å². The normalized spacial score (nSPS) is 10.1. The van der Waals surface area contributed by atoms with Crippen molar-refractivity contribution in [3.05, 3.63) is 100 Å². The lowest BCUT2D eigenvalue weighted by Crippen LogP contribution is -2.21. The van der Waals surface area contributed by atoms with E-state index < -0.39 is 22.4 Å². The smallest absolute Gasteiger partial charge is 0.282 e. The van der Waals surface area contributed by atoms with Crippen LogP contribution in [-0.2, 0) is 0 Å². The van der Waals surface area contributed by atoms with Gasteiger partial charge < -0.3 is 10.6 Å². The molecule has 2 amide bonds. The molecule has 0 saturated heterocycles. The minimum absolute atomic E-state index is 0.0820. The van der Waals surface area contributed by atoms with Crippen molar-refractivity contribution in [1.82, 2.24) is 0 Å². The van der Waals surface area contributed by atoms with Gasteiger partial charge in [0.15, 0.2) is 0 Å². The zero-order valence-electron chi connectivity index (χ0n) is 14.1. The summed E-state index contributed by atoms with van der Waals surface area (Å²) in [4.78, 5) is 36.1. The second kappa shape index (κ2) is 7.92. The van der Waals surface area contributed by atoms with Crippen molar-refractivity contribution in [1.29, 1.82) is 0 Å². The van der Waals surface area contributed by atoms with Crippen LogP contribution in [0.2, 0.25) is 0 Å². The molecule has 3 aromatic rings.